The number of hydrogen-bond acceptors (Lipinski definition) is 1. The van der Waals surface area contributed by atoms with Crippen molar-refractivity contribution in [1.82, 2.24) is 4.90 Å². The highest BCUT2D eigenvalue weighted by molar-refractivity contribution is 4.79. The van der Waals surface area contributed by atoms with Gasteiger partial charge in [0.2, 0.25) is 0 Å². The van der Waals surface area contributed by atoms with E-state index in [1.165, 1.54) is 57.9 Å². The molecular formula is C15H33N. The largest absolute Gasteiger partial charge is 0.309 e. The first kappa shape index (κ1) is 16.0. The highest BCUT2D eigenvalue weighted by Crippen LogP contribution is 2.38. The van der Waals surface area contributed by atoms with Crippen molar-refractivity contribution in [2.24, 2.45) is 5.41 Å². The summed E-state index contributed by atoms with van der Waals surface area (Å²) in [5.74, 6) is 0. The van der Waals surface area contributed by atoms with E-state index in [0.29, 0.717) is 5.41 Å². The van der Waals surface area contributed by atoms with Crippen molar-refractivity contribution in [3.05, 3.63) is 0 Å². The summed E-state index contributed by atoms with van der Waals surface area (Å²) in [7, 11) is 4.39. The molecule has 0 aliphatic rings. The first-order chi connectivity index (χ1) is 7.60. The van der Waals surface area contributed by atoms with Crippen LogP contribution in [0.1, 0.15) is 72.1 Å². The fourth-order valence-electron chi connectivity index (χ4n) is 2.82. The van der Waals surface area contributed by atoms with E-state index in [-0.39, 0.29) is 0 Å². The maximum absolute atomic E-state index is 2.34. The molecule has 0 unspecified atom stereocenters. The zero-order valence-electron chi connectivity index (χ0n) is 12.3. The fraction of sp³-hybridized carbons (Fsp3) is 1.00. The van der Waals surface area contributed by atoms with Gasteiger partial charge in [-0.1, -0.05) is 46.5 Å². The number of rotatable bonds is 10. The molecule has 16 heavy (non-hydrogen) atoms. The van der Waals surface area contributed by atoms with E-state index in [1.54, 1.807) is 0 Å². The number of hydrogen-bond donors (Lipinski definition) is 0. The van der Waals surface area contributed by atoms with Crippen molar-refractivity contribution in [3.63, 3.8) is 0 Å². The third-order valence-electron chi connectivity index (χ3n) is 3.71. The SMILES string of the molecule is CCCCC(CCC)(CCC)CCN(C)C. The minimum absolute atomic E-state index is 0.643. The van der Waals surface area contributed by atoms with Crippen molar-refractivity contribution < 1.29 is 0 Å². The second-order valence-electron chi connectivity index (χ2n) is 5.66. The molecule has 0 fully saturated rings. The van der Waals surface area contributed by atoms with Crippen LogP contribution in [0.25, 0.3) is 0 Å². The summed E-state index contributed by atoms with van der Waals surface area (Å²) in [5, 5.41) is 0. The Hall–Kier alpha value is -0.0400. The highest BCUT2D eigenvalue weighted by atomic mass is 15.0. The Labute approximate surface area is 104 Å². The molecule has 1 heteroatoms. The summed E-state index contributed by atoms with van der Waals surface area (Å²) < 4.78 is 0. The van der Waals surface area contributed by atoms with E-state index in [9.17, 15) is 0 Å². The van der Waals surface area contributed by atoms with Crippen LogP contribution in [0, 0.1) is 5.41 Å². The van der Waals surface area contributed by atoms with Crippen LogP contribution in [0.5, 0.6) is 0 Å². The molecule has 0 aliphatic carbocycles. The Bertz CT molecular complexity index is 146. The van der Waals surface area contributed by atoms with Gasteiger partial charge in [0.05, 0.1) is 0 Å². The molecule has 0 amide bonds. The normalized spacial score (nSPS) is 12.4. The van der Waals surface area contributed by atoms with Gasteiger partial charge in [-0.3, -0.25) is 0 Å². The molecule has 0 saturated carbocycles. The molecule has 98 valence electrons. The van der Waals surface area contributed by atoms with Crippen LogP contribution in [0.2, 0.25) is 0 Å². The first-order valence-corrected chi connectivity index (χ1v) is 7.25. The summed E-state index contributed by atoms with van der Waals surface area (Å²) in [5.41, 5.74) is 0.643. The van der Waals surface area contributed by atoms with E-state index in [0.717, 1.165) is 0 Å². The monoisotopic (exact) mass is 227 g/mol. The zero-order chi connectivity index (χ0) is 12.4. The van der Waals surface area contributed by atoms with Crippen LogP contribution in [-0.4, -0.2) is 25.5 Å². The van der Waals surface area contributed by atoms with Gasteiger partial charge in [-0.25, -0.2) is 0 Å². The molecule has 0 spiro atoms. The van der Waals surface area contributed by atoms with E-state index in [1.807, 2.05) is 0 Å². The molecule has 0 atom stereocenters. The lowest BCUT2D eigenvalue weighted by Gasteiger charge is -2.35. The van der Waals surface area contributed by atoms with Gasteiger partial charge in [0.1, 0.15) is 0 Å². The zero-order valence-corrected chi connectivity index (χ0v) is 12.3. The topological polar surface area (TPSA) is 3.24 Å². The minimum Gasteiger partial charge on any atom is -0.309 e. The summed E-state index contributed by atoms with van der Waals surface area (Å²) in [4.78, 5) is 2.34. The van der Waals surface area contributed by atoms with Gasteiger partial charge < -0.3 is 4.90 Å². The van der Waals surface area contributed by atoms with Gasteiger partial charge in [0.25, 0.3) is 0 Å². The Kier molecular flexibility index (Phi) is 9.02. The predicted octanol–water partition coefficient (Wildman–Crippen LogP) is 4.71. The minimum atomic E-state index is 0.643. The lowest BCUT2D eigenvalue weighted by molar-refractivity contribution is 0.168. The van der Waals surface area contributed by atoms with E-state index in [4.69, 9.17) is 0 Å². The van der Waals surface area contributed by atoms with Crippen LogP contribution >= 0.6 is 0 Å². The van der Waals surface area contributed by atoms with Gasteiger partial charge in [-0.2, -0.15) is 0 Å². The first-order valence-electron chi connectivity index (χ1n) is 7.25. The van der Waals surface area contributed by atoms with Crippen LogP contribution in [0.3, 0.4) is 0 Å². The van der Waals surface area contributed by atoms with E-state index >= 15 is 0 Å². The fourth-order valence-corrected chi connectivity index (χ4v) is 2.82. The molecule has 0 aromatic heterocycles. The molecule has 0 N–H and O–H groups in total. The van der Waals surface area contributed by atoms with Crippen LogP contribution in [-0.2, 0) is 0 Å². The van der Waals surface area contributed by atoms with E-state index < -0.39 is 0 Å². The van der Waals surface area contributed by atoms with Crippen LogP contribution < -0.4 is 0 Å². The molecule has 0 aliphatic heterocycles. The Morgan fingerprint density at radius 2 is 1.31 bits per heavy atom. The second kappa shape index (κ2) is 9.04. The molecular weight excluding hydrogens is 194 g/mol. The summed E-state index contributed by atoms with van der Waals surface area (Å²) in [6, 6.07) is 0. The predicted molar refractivity (Wildman–Crippen MR) is 74.9 cm³/mol. The lowest BCUT2D eigenvalue weighted by atomic mass is 9.72. The average Bonchev–Trinajstić information content (AvgIpc) is 2.24. The molecule has 0 rings (SSSR count). The third-order valence-corrected chi connectivity index (χ3v) is 3.71. The second-order valence-corrected chi connectivity index (χ2v) is 5.66. The third kappa shape index (κ3) is 6.52. The van der Waals surface area contributed by atoms with E-state index in [2.05, 4.69) is 39.8 Å². The molecule has 0 heterocycles. The summed E-state index contributed by atoms with van der Waals surface area (Å²) in [6.45, 7) is 8.25. The van der Waals surface area contributed by atoms with Crippen molar-refractivity contribution in [2.75, 3.05) is 20.6 Å². The molecule has 0 saturated heterocycles. The summed E-state index contributed by atoms with van der Waals surface area (Å²) >= 11 is 0. The van der Waals surface area contributed by atoms with Crippen molar-refractivity contribution in [3.8, 4) is 0 Å². The standard InChI is InChI=1S/C15H33N/c1-6-9-12-15(10-7-2,11-8-3)13-14-16(4)5/h6-14H2,1-5H3. The quantitative estimate of drug-likeness (QED) is 0.522. The van der Waals surface area contributed by atoms with Crippen molar-refractivity contribution >= 4 is 0 Å². The van der Waals surface area contributed by atoms with Crippen molar-refractivity contribution in [1.29, 1.82) is 0 Å². The maximum Gasteiger partial charge on any atom is -0.00195 e. The van der Waals surface area contributed by atoms with Gasteiger partial charge in [-0.05, 0) is 51.7 Å². The van der Waals surface area contributed by atoms with Crippen LogP contribution in [0.4, 0.5) is 0 Å². The van der Waals surface area contributed by atoms with Gasteiger partial charge in [-0.15, -0.1) is 0 Å². The molecule has 0 radical (unpaired) electrons. The van der Waals surface area contributed by atoms with Gasteiger partial charge in [0, 0.05) is 0 Å². The Morgan fingerprint density at radius 1 is 0.750 bits per heavy atom. The highest BCUT2D eigenvalue weighted by Gasteiger charge is 2.27. The average molecular weight is 227 g/mol. The van der Waals surface area contributed by atoms with Gasteiger partial charge in [0.15, 0.2) is 0 Å². The smallest absolute Gasteiger partial charge is 0.00195 e. The van der Waals surface area contributed by atoms with Gasteiger partial charge >= 0.3 is 0 Å². The Morgan fingerprint density at radius 3 is 1.69 bits per heavy atom. The molecule has 0 bridgehead atoms. The molecule has 1 nitrogen and oxygen atoms in total. The molecule has 0 aromatic rings. The Balaban J connectivity index is 4.36. The summed E-state index contributed by atoms with van der Waals surface area (Å²) in [6.07, 6.45) is 11.1. The van der Waals surface area contributed by atoms with Crippen LogP contribution in [0.15, 0.2) is 0 Å². The lowest BCUT2D eigenvalue weighted by Crippen LogP contribution is -2.27. The number of unbranched alkanes of at least 4 members (excludes halogenated alkanes) is 1. The van der Waals surface area contributed by atoms with Crippen molar-refractivity contribution in [2.45, 2.75) is 72.1 Å². The molecule has 0 aromatic carbocycles. The maximum atomic E-state index is 2.34. The number of nitrogens with zero attached hydrogens (tertiary/aromatic N) is 1.